The van der Waals surface area contributed by atoms with E-state index in [1.165, 1.54) is 0 Å². The Morgan fingerprint density at radius 3 is 1.09 bits per heavy atom. The summed E-state index contributed by atoms with van der Waals surface area (Å²) in [5, 5.41) is 7.45. The lowest BCUT2D eigenvalue weighted by molar-refractivity contribution is 0.297. The highest BCUT2D eigenvalue weighted by atomic mass is 31.2. The molecule has 33 heavy (non-hydrogen) atoms. The molecule has 0 fully saturated rings. The Hall–Kier alpha value is -3.85. The minimum absolute atomic E-state index is 0.370. The number of phosphoric acid groups is 1. The molecule has 158 valence electrons. The van der Waals surface area contributed by atoms with Gasteiger partial charge < -0.3 is 9.05 Å². The number of rotatable bonds is 0. The number of phosphoric ester groups is 1. The molecular weight excluding hydrogens is 431 g/mol. The first-order valence-corrected chi connectivity index (χ1v) is 12.2. The summed E-state index contributed by atoms with van der Waals surface area (Å²) in [6.45, 7) is 0. The van der Waals surface area contributed by atoms with Gasteiger partial charge in [-0.15, -0.1) is 0 Å². The lowest BCUT2D eigenvalue weighted by atomic mass is 9.87. The van der Waals surface area contributed by atoms with E-state index < -0.39 is 7.82 Å². The van der Waals surface area contributed by atoms with Crippen molar-refractivity contribution in [2.75, 3.05) is 0 Å². The minimum Gasteiger partial charge on any atom is -0.394 e. The smallest absolute Gasteiger partial charge is 0.394 e. The van der Waals surface area contributed by atoms with Crippen LogP contribution < -0.4 is 9.05 Å². The molecule has 0 spiro atoms. The third-order valence-corrected chi connectivity index (χ3v) is 7.26. The van der Waals surface area contributed by atoms with Gasteiger partial charge in [-0.05, 0) is 32.3 Å². The normalized spacial score (nSPS) is 14.5. The van der Waals surface area contributed by atoms with Crippen molar-refractivity contribution >= 4 is 50.9 Å². The summed E-state index contributed by atoms with van der Waals surface area (Å²) in [7, 11) is -4.46. The van der Waals surface area contributed by atoms with Gasteiger partial charge in [0, 0.05) is 21.9 Å². The third kappa shape index (κ3) is 2.59. The first-order chi connectivity index (χ1) is 16.1. The van der Waals surface area contributed by atoms with E-state index in [4.69, 9.17) is 9.05 Å². The second kappa shape index (κ2) is 6.58. The number of benzene rings is 6. The summed E-state index contributed by atoms with van der Waals surface area (Å²) < 4.78 is 24.9. The third-order valence-electron chi connectivity index (χ3n) is 6.43. The average Bonchev–Trinajstić information content (AvgIpc) is 2.98. The predicted octanol–water partition coefficient (Wildman–Crippen LogP) is 7.84. The second-order valence-electron chi connectivity index (χ2n) is 8.24. The minimum atomic E-state index is -4.46. The first-order valence-electron chi connectivity index (χ1n) is 10.7. The molecule has 0 saturated carbocycles. The lowest BCUT2D eigenvalue weighted by Crippen LogP contribution is -1.98. The molecule has 1 N–H and O–H groups in total. The van der Waals surface area contributed by atoms with Crippen LogP contribution >= 0.6 is 7.82 Å². The maximum atomic E-state index is 13.3. The molecule has 7 rings (SSSR count). The van der Waals surface area contributed by atoms with Gasteiger partial charge in [0.1, 0.15) is 11.5 Å². The van der Waals surface area contributed by atoms with E-state index in [1.807, 2.05) is 84.9 Å². The summed E-state index contributed by atoms with van der Waals surface area (Å²) in [4.78, 5) is 10.8. The van der Waals surface area contributed by atoms with Gasteiger partial charge in [-0.25, -0.2) is 4.57 Å². The first kappa shape index (κ1) is 18.7. The second-order valence-corrected chi connectivity index (χ2v) is 9.54. The lowest BCUT2D eigenvalue weighted by Gasteiger charge is -2.17. The van der Waals surface area contributed by atoms with Crippen molar-refractivity contribution in [1.82, 2.24) is 0 Å². The number of fused-ring (bicyclic) bond motifs is 13. The molecule has 0 amide bonds. The molecule has 0 radical (unpaired) electrons. The van der Waals surface area contributed by atoms with E-state index in [0.717, 1.165) is 54.2 Å². The fraction of sp³-hybridized carbons (Fsp3) is 0. The monoisotopic (exact) mass is 448 g/mol. The highest BCUT2D eigenvalue weighted by molar-refractivity contribution is 7.48. The Balaban J connectivity index is 1.83. The maximum Gasteiger partial charge on any atom is 0.584 e. The summed E-state index contributed by atoms with van der Waals surface area (Å²) in [6.07, 6.45) is 0. The van der Waals surface area contributed by atoms with Gasteiger partial charge in [0.25, 0.3) is 0 Å². The van der Waals surface area contributed by atoms with Gasteiger partial charge >= 0.3 is 7.82 Å². The highest BCUT2D eigenvalue weighted by Gasteiger charge is 2.36. The zero-order valence-corrected chi connectivity index (χ0v) is 18.3. The van der Waals surface area contributed by atoms with E-state index in [-0.39, 0.29) is 0 Å². The zero-order chi connectivity index (χ0) is 22.2. The van der Waals surface area contributed by atoms with Crippen LogP contribution in [0.2, 0.25) is 0 Å². The van der Waals surface area contributed by atoms with E-state index in [2.05, 4.69) is 12.1 Å². The Kier molecular flexibility index (Phi) is 3.73. The van der Waals surface area contributed by atoms with E-state index in [0.29, 0.717) is 11.5 Å². The van der Waals surface area contributed by atoms with Crippen molar-refractivity contribution in [3.05, 3.63) is 97.1 Å². The Bertz CT molecular complexity index is 1690. The van der Waals surface area contributed by atoms with Crippen molar-refractivity contribution in [3.63, 3.8) is 0 Å². The molecule has 0 aromatic heterocycles. The summed E-state index contributed by atoms with van der Waals surface area (Å²) in [5.41, 5.74) is 1.54. The largest absolute Gasteiger partial charge is 0.584 e. The van der Waals surface area contributed by atoms with Crippen LogP contribution in [0.3, 0.4) is 0 Å². The molecule has 5 heteroatoms. The molecular formula is C28H17O4P. The molecule has 0 aliphatic carbocycles. The van der Waals surface area contributed by atoms with Crippen molar-refractivity contribution in [2.45, 2.75) is 0 Å². The van der Waals surface area contributed by atoms with Crippen LogP contribution in [0.25, 0.3) is 54.2 Å². The quantitative estimate of drug-likeness (QED) is 0.190. The molecule has 6 aromatic rings. The summed E-state index contributed by atoms with van der Waals surface area (Å²) in [5.74, 6) is 0.739. The van der Waals surface area contributed by atoms with Gasteiger partial charge in [-0.2, -0.15) is 0 Å². The van der Waals surface area contributed by atoms with E-state index >= 15 is 0 Å². The zero-order valence-electron chi connectivity index (χ0n) is 17.4. The van der Waals surface area contributed by atoms with Crippen molar-refractivity contribution in [1.29, 1.82) is 0 Å². The van der Waals surface area contributed by atoms with Crippen molar-refractivity contribution in [3.8, 4) is 22.6 Å². The Labute approximate surface area is 189 Å². The molecule has 1 heterocycles. The molecule has 0 bridgehead atoms. The fourth-order valence-electron chi connectivity index (χ4n) is 5.15. The predicted molar refractivity (Wildman–Crippen MR) is 133 cm³/mol. The van der Waals surface area contributed by atoms with Crippen LogP contribution in [0, 0.1) is 0 Å². The number of hydrogen-bond acceptors (Lipinski definition) is 3. The van der Waals surface area contributed by atoms with Crippen LogP contribution in [0.5, 0.6) is 11.5 Å². The topological polar surface area (TPSA) is 55.8 Å². The molecule has 1 aliphatic rings. The molecule has 0 atom stereocenters. The average molecular weight is 448 g/mol. The Morgan fingerprint density at radius 1 is 0.455 bits per heavy atom. The van der Waals surface area contributed by atoms with Gasteiger partial charge in [0.15, 0.2) is 0 Å². The summed E-state index contributed by atoms with van der Waals surface area (Å²) in [6, 6.07) is 31.8. The molecule has 1 aliphatic heterocycles. The molecule has 0 saturated heterocycles. The van der Waals surface area contributed by atoms with Crippen molar-refractivity contribution in [2.24, 2.45) is 0 Å². The van der Waals surface area contributed by atoms with Crippen molar-refractivity contribution < 1.29 is 18.5 Å². The van der Waals surface area contributed by atoms with Gasteiger partial charge in [0.05, 0.1) is 0 Å². The maximum absolute atomic E-state index is 13.3. The Morgan fingerprint density at radius 2 is 0.727 bits per heavy atom. The standard InChI is InChI=1S/C28H17O4P/c29-33(30)31-27-23-15-7-3-11-19(23)17-9-1-5-13-21(17)25(27)26-22-14-6-2-10-18(22)20-12-4-8-16-24(20)28(26)32-33/h1-16H,(H,29,30). The van der Waals surface area contributed by atoms with E-state index in [1.54, 1.807) is 0 Å². The fourth-order valence-corrected chi connectivity index (χ4v) is 6.03. The van der Waals surface area contributed by atoms with Crippen LogP contribution in [-0.2, 0) is 4.57 Å². The summed E-state index contributed by atoms with van der Waals surface area (Å²) >= 11 is 0. The van der Waals surface area contributed by atoms with E-state index in [9.17, 15) is 9.46 Å². The highest BCUT2D eigenvalue weighted by Crippen LogP contribution is 2.60. The molecule has 4 nitrogen and oxygen atoms in total. The SMILES string of the molecule is O=P1(O)Oc2c(c3ccccc3c3ccccc23)-c2c(c3ccccc3c3ccccc23)O1. The van der Waals surface area contributed by atoms with Crippen LogP contribution in [0.1, 0.15) is 0 Å². The molecule has 6 aromatic carbocycles. The van der Waals surface area contributed by atoms with Gasteiger partial charge in [-0.3, -0.25) is 4.89 Å². The molecule has 0 unspecified atom stereocenters. The van der Waals surface area contributed by atoms with Crippen LogP contribution in [-0.4, -0.2) is 4.89 Å². The number of hydrogen-bond donors (Lipinski definition) is 1. The van der Waals surface area contributed by atoms with Crippen LogP contribution in [0.15, 0.2) is 97.1 Å². The van der Waals surface area contributed by atoms with Gasteiger partial charge in [-0.1, -0.05) is 97.1 Å². The van der Waals surface area contributed by atoms with Crippen LogP contribution in [0.4, 0.5) is 0 Å². The van der Waals surface area contributed by atoms with Gasteiger partial charge in [0.2, 0.25) is 0 Å².